The van der Waals surface area contributed by atoms with Crippen molar-refractivity contribution in [2.45, 2.75) is 12.5 Å². The molecule has 0 heterocycles. The first-order chi connectivity index (χ1) is 9.08. The van der Waals surface area contributed by atoms with Gasteiger partial charge in [0, 0.05) is 18.1 Å². The summed E-state index contributed by atoms with van der Waals surface area (Å²) in [6, 6.07) is 11.8. The summed E-state index contributed by atoms with van der Waals surface area (Å²) in [6.45, 7) is 0. The van der Waals surface area contributed by atoms with Gasteiger partial charge < -0.3 is 5.11 Å². The second-order valence-electron chi connectivity index (χ2n) is 4.16. The van der Waals surface area contributed by atoms with Gasteiger partial charge in [0.1, 0.15) is 5.82 Å². The van der Waals surface area contributed by atoms with Crippen molar-refractivity contribution < 1.29 is 14.4 Å². The molecular weight excluding hydrogens is 249 g/mol. The third-order valence-corrected chi connectivity index (χ3v) is 2.84. The van der Waals surface area contributed by atoms with Crippen molar-refractivity contribution >= 4 is 5.69 Å². The Kier molecular flexibility index (Phi) is 3.87. The minimum Gasteiger partial charge on any atom is -0.388 e. The molecular formula is C14H12FNO3. The highest BCUT2D eigenvalue weighted by Crippen LogP contribution is 2.25. The summed E-state index contributed by atoms with van der Waals surface area (Å²) < 4.78 is 13.1. The molecule has 1 atom stereocenters. The number of hydrogen-bond donors (Lipinski definition) is 1. The van der Waals surface area contributed by atoms with Gasteiger partial charge in [0.2, 0.25) is 0 Å². The first-order valence-corrected chi connectivity index (χ1v) is 5.74. The number of nitro benzene ring substituents is 1. The van der Waals surface area contributed by atoms with Crippen molar-refractivity contribution in [3.8, 4) is 0 Å². The molecule has 0 aromatic heterocycles. The van der Waals surface area contributed by atoms with E-state index in [9.17, 15) is 19.6 Å². The molecule has 0 radical (unpaired) electrons. The number of halogens is 1. The van der Waals surface area contributed by atoms with E-state index in [2.05, 4.69) is 0 Å². The van der Waals surface area contributed by atoms with E-state index >= 15 is 0 Å². The molecule has 5 heteroatoms. The van der Waals surface area contributed by atoms with Crippen LogP contribution in [0.4, 0.5) is 10.1 Å². The van der Waals surface area contributed by atoms with Gasteiger partial charge in [-0.15, -0.1) is 0 Å². The number of nitro groups is 1. The lowest BCUT2D eigenvalue weighted by atomic mass is 10.0. The number of aliphatic hydroxyl groups is 1. The summed E-state index contributed by atoms with van der Waals surface area (Å²) in [6.07, 6.45) is -0.905. The highest BCUT2D eigenvalue weighted by molar-refractivity contribution is 5.40. The molecule has 0 bridgehead atoms. The Labute approximate surface area is 109 Å². The van der Waals surface area contributed by atoms with Gasteiger partial charge in [-0.25, -0.2) is 4.39 Å². The quantitative estimate of drug-likeness (QED) is 0.679. The lowest BCUT2D eigenvalue weighted by Gasteiger charge is -2.11. The van der Waals surface area contributed by atoms with Crippen LogP contribution in [0.25, 0.3) is 0 Å². The molecule has 0 aliphatic carbocycles. The summed E-state index contributed by atoms with van der Waals surface area (Å²) >= 11 is 0. The third-order valence-electron chi connectivity index (χ3n) is 2.84. The fraction of sp³-hybridized carbons (Fsp3) is 0.143. The molecule has 2 aromatic rings. The van der Waals surface area contributed by atoms with Crippen LogP contribution in [0.15, 0.2) is 48.5 Å². The standard InChI is InChI=1S/C14H12FNO3/c15-12-6-3-5-11(8-12)14(17)9-10-4-1-2-7-13(10)16(18)19/h1-8,14,17H,9H2. The van der Waals surface area contributed by atoms with Crippen molar-refractivity contribution in [1.29, 1.82) is 0 Å². The predicted molar refractivity (Wildman–Crippen MR) is 68.2 cm³/mol. The molecule has 4 nitrogen and oxygen atoms in total. The van der Waals surface area contributed by atoms with Gasteiger partial charge in [-0.05, 0) is 17.7 Å². The zero-order chi connectivity index (χ0) is 13.8. The van der Waals surface area contributed by atoms with Gasteiger partial charge in [0.25, 0.3) is 5.69 Å². The topological polar surface area (TPSA) is 63.4 Å². The maximum atomic E-state index is 13.1. The first-order valence-electron chi connectivity index (χ1n) is 5.74. The average Bonchev–Trinajstić information content (AvgIpc) is 2.39. The Bertz CT molecular complexity index is 601. The van der Waals surface area contributed by atoms with Gasteiger partial charge in [-0.2, -0.15) is 0 Å². The smallest absolute Gasteiger partial charge is 0.272 e. The average molecular weight is 261 g/mol. The Morgan fingerprint density at radius 3 is 2.63 bits per heavy atom. The molecule has 0 aliphatic rings. The monoisotopic (exact) mass is 261 g/mol. The van der Waals surface area contributed by atoms with E-state index in [0.29, 0.717) is 11.1 Å². The van der Waals surface area contributed by atoms with Crippen LogP contribution in [0.5, 0.6) is 0 Å². The molecule has 0 spiro atoms. The van der Waals surface area contributed by atoms with E-state index in [1.807, 2.05) is 0 Å². The molecule has 0 amide bonds. The number of para-hydroxylation sites is 1. The summed E-state index contributed by atoms with van der Waals surface area (Å²) in [7, 11) is 0. The van der Waals surface area contributed by atoms with Crippen molar-refractivity contribution in [2.75, 3.05) is 0 Å². The summed E-state index contributed by atoms with van der Waals surface area (Å²) in [5, 5.41) is 20.9. The second kappa shape index (κ2) is 5.58. The number of nitrogens with zero attached hydrogens (tertiary/aromatic N) is 1. The molecule has 0 aliphatic heterocycles. The van der Waals surface area contributed by atoms with Crippen molar-refractivity contribution in [1.82, 2.24) is 0 Å². The maximum absolute atomic E-state index is 13.1. The van der Waals surface area contributed by atoms with E-state index in [1.165, 1.54) is 24.3 Å². The van der Waals surface area contributed by atoms with E-state index in [0.717, 1.165) is 0 Å². The Hall–Kier alpha value is -2.27. The van der Waals surface area contributed by atoms with Gasteiger partial charge in [-0.3, -0.25) is 10.1 Å². The number of aliphatic hydroxyl groups excluding tert-OH is 1. The molecule has 1 N–H and O–H groups in total. The van der Waals surface area contributed by atoms with Crippen LogP contribution in [-0.2, 0) is 6.42 Å². The largest absolute Gasteiger partial charge is 0.388 e. The molecule has 1 unspecified atom stereocenters. The highest BCUT2D eigenvalue weighted by Gasteiger charge is 2.17. The normalized spacial score (nSPS) is 12.1. The van der Waals surface area contributed by atoms with E-state index in [1.54, 1.807) is 24.3 Å². The summed E-state index contributed by atoms with van der Waals surface area (Å²) in [5.74, 6) is -0.445. The molecule has 98 valence electrons. The van der Waals surface area contributed by atoms with Gasteiger partial charge >= 0.3 is 0 Å². The lowest BCUT2D eigenvalue weighted by Crippen LogP contribution is -2.04. The Balaban J connectivity index is 2.24. The van der Waals surface area contributed by atoms with Gasteiger partial charge in [0.15, 0.2) is 0 Å². The summed E-state index contributed by atoms with van der Waals surface area (Å²) in [4.78, 5) is 10.4. The summed E-state index contributed by atoms with van der Waals surface area (Å²) in [5.41, 5.74) is 0.778. The fourth-order valence-corrected chi connectivity index (χ4v) is 1.90. The number of hydrogen-bond acceptors (Lipinski definition) is 3. The Morgan fingerprint density at radius 1 is 1.21 bits per heavy atom. The molecule has 0 saturated carbocycles. The van der Waals surface area contributed by atoms with Gasteiger partial charge in [-0.1, -0.05) is 30.3 Å². The SMILES string of the molecule is O=[N+]([O-])c1ccccc1CC(O)c1cccc(F)c1. The molecule has 2 aromatic carbocycles. The lowest BCUT2D eigenvalue weighted by molar-refractivity contribution is -0.385. The number of rotatable bonds is 4. The minimum absolute atomic E-state index is 0.0436. The van der Waals surface area contributed by atoms with Crippen molar-refractivity contribution in [3.05, 3.63) is 75.6 Å². The van der Waals surface area contributed by atoms with Crippen molar-refractivity contribution in [2.24, 2.45) is 0 Å². The fourth-order valence-electron chi connectivity index (χ4n) is 1.90. The zero-order valence-electron chi connectivity index (χ0n) is 9.99. The van der Waals surface area contributed by atoms with Crippen LogP contribution >= 0.6 is 0 Å². The van der Waals surface area contributed by atoms with Crippen LogP contribution in [0.1, 0.15) is 17.2 Å². The first kappa shape index (κ1) is 13.2. The molecule has 2 rings (SSSR count). The van der Waals surface area contributed by atoms with E-state index < -0.39 is 16.8 Å². The van der Waals surface area contributed by atoms with Crippen LogP contribution in [0, 0.1) is 15.9 Å². The second-order valence-corrected chi connectivity index (χ2v) is 4.16. The van der Waals surface area contributed by atoms with Crippen molar-refractivity contribution in [3.63, 3.8) is 0 Å². The van der Waals surface area contributed by atoms with Crippen LogP contribution in [0.2, 0.25) is 0 Å². The highest BCUT2D eigenvalue weighted by atomic mass is 19.1. The van der Waals surface area contributed by atoms with Crippen LogP contribution < -0.4 is 0 Å². The Morgan fingerprint density at radius 2 is 1.95 bits per heavy atom. The van der Waals surface area contributed by atoms with Gasteiger partial charge in [0.05, 0.1) is 11.0 Å². The van der Waals surface area contributed by atoms with E-state index in [4.69, 9.17) is 0 Å². The molecule has 19 heavy (non-hydrogen) atoms. The molecule has 0 fully saturated rings. The van der Waals surface area contributed by atoms with Crippen LogP contribution in [0.3, 0.4) is 0 Å². The zero-order valence-corrected chi connectivity index (χ0v) is 9.99. The number of benzene rings is 2. The van der Waals surface area contributed by atoms with Crippen LogP contribution in [-0.4, -0.2) is 10.0 Å². The third kappa shape index (κ3) is 3.14. The molecule has 0 saturated heterocycles. The minimum atomic E-state index is -0.975. The van der Waals surface area contributed by atoms with E-state index in [-0.39, 0.29) is 12.1 Å². The maximum Gasteiger partial charge on any atom is 0.272 e. The predicted octanol–water partition coefficient (Wildman–Crippen LogP) is 3.01.